The molecule has 0 fully saturated rings. The first-order valence-corrected chi connectivity index (χ1v) is 24.7. The Hall–Kier alpha value is -9.44. The molecule has 13 aromatic rings. The summed E-state index contributed by atoms with van der Waals surface area (Å²) >= 11 is 0. The number of benzene rings is 11. The minimum atomic E-state index is -0.523. The van der Waals surface area contributed by atoms with E-state index in [1.165, 1.54) is 77.3 Å². The summed E-state index contributed by atoms with van der Waals surface area (Å²) in [6.07, 6.45) is 0. The fourth-order valence-corrected chi connectivity index (χ4v) is 11.7. The van der Waals surface area contributed by atoms with Crippen LogP contribution in [0.3, 0.4) is 0 Å². The van der Waals surface area contributed by atoms with E-state index < -0.39 is 5.41 Å². The van der Waals surface area contributed by atoms with Crippen molar-refractivity contribution in [2.24, 2.45) is 0 Å². The van der Waals surface area contributed by atoms with Crippen molar-refractivity contribution >= 4 is 32.6 Å². The van der Waals surface area contributed by atoms with Crippen molar-refractivity contribution in [1.82, 2.24) is 14.5 Å². The van der Waals surface area contributed by atoms with E-state index in [9.17, 15) is 0 Å². The van der Waals surface area contributed by atoms with Gasteiger partial charge in [0.1, 0.15) is 0 Å². The van der Waals surface area contributed by atoms with Gasteiger partial charge in [0.25, 0.3) is 0 Å². The average molecular weight is 916 g/mol. The van der Waals surface area contributed by atoms with E-state index in [2.05, 4.69) is 271 Å². The lowest BCUT2D eigenvalue weighted by atomic mass is 9.67. The van der Waals surface area contributed by atoms with Crippen molar-refractivity contribution in [3.05, 3.63) is 295 Å². The molecule has 0 saturated carbocycles. The van der Waals surface area contributed by atoms with E-state index in [1.807, 2.05) is 6.07 Å². The lowest BCUT2D eigenvalue weighted by molar-refractivity contribution is 0.768. The Labute approximate surface area is 418 Å². The zero-order chi connectivity index (χ0) is 47.6. The van der Waals surface area contributed by atoms with Crippen molar-refractivity contribution in [2.45, 2.75) is 5.41 Å². The molecule has 0 amide bonds. The van der Waals surface area contributed by atoms with Crippen molar-refractivity contribution in [2.75, 3.05) is 0 Å². The number of para-hydroxylation sites is 2. The molecular formula is C69H45N3. The van der Waals surface area contributed by atoms with Gasteiger partial charge in [0.15, 0.2) is 5.82 Å². The SMILES string of the molecule is c1ccc(-c2nc(-c3ccc4c(c3)C(c3ccccc3)(c3ccccc3)c3ccccc3-4)cc(-c3ccc(-c4ccc(-c5ccc6c(c5)c5ccccc5n6-c5ccccc5)cc4)c4ccccc34)n2)cc1. The summed E-state index contributed by atoms with van der Waals surface area (Å²) in [7, 11) is 0. The molecule has 0 unspecified atom stereocenters. The molecule has 0 saturated heterocycles. The Morgan fingerprint density at radius 3 is 1.53 bits per heavy atom. The third-order valence-corrected chi connectivity index (χ3v) is 14.9. The number of nitrogens with zero attached hydrogens (tertiary/aromatic N) is 3. The minimum absolute atomic E-state index is 0.523. The van der Waals surface area contributed by atoms with E-state index in [0.717, 1.165) is 44.7 Å². The molecular weight excluding hydrogens is 871 g/mol. The summed E-state index contributed by atoms with van der Waals surface area (Å²) in [4.78, 5) is 10.8. The molecule has 3 heteroatoms. The molecule has 336 valence electrons. The molecule has 1 aliphatic carbocycles. The van der Waals surface area contributed by atoms with Crippen LogP contribution in [0.15, 0.2) is 273 Å². The average Bonchev–Trinajstić information content (AvgIpc) is 3.96. The van der Waals surface area contributed by atoms with Gasteiger partial charge in [-0.25, -0.2) is 9.97 Å². The van der Waals surface area contributed by atoms with Gasteiger partial charge in [-0.3, -0.25) is 0 Å². The highest BCUT2D eigenvalue weighted by atomic mass is 15.0. The minimum Gasteiger partial charge on any atom is -0.309 e. The fraction of sp³-hybridized carbons (Fsp3) is 0.0145. The molecule has 0 spiro atoms. The van der Waals surface area contributed by atoms with E-state index in [4.69, 9.17) is 9.97 Å². The maximum absolute atomic E-state index is 5.38. The second kappa shape index (κ2) is 16.9. The molecule has 72 heavy (non-hydrogen) atoms. The summed E-state index contributed by atoms with van der Waals surface area (Å²) in [6, 6.07) is 98.9. The Kier molecular flexibility index (Phi) is 9.75. The van der Waals surface area contributed by atoms with Gasteiger partial charge in [-0.2, -0.15) is 0 Å². The Morgan fingerprint density at radius 2 is 0.792 bits per heavy atom. The quantitative estimate of drug-likeness (QED) is 0.152. The number of rotatable bonds is 8. The summed E-state index contributed by atoms with van der Waals surface area (Å²) in [5.74, 6) is 0.691. The van der Waals surface area contributed by atoms with Gasteiger partial charge < -0.3 is 4.57 Å². The molecule has 14 rings (SSSR count). The number of aromatic nitrogens is 3. The van der Waals surface area contributed by atoms with Crippen LogP contribution >= 0.6 is 0 Å². The van der Waals surface area contributed by atoms with Crippen LogP contribution in [0.25, 0.3) is 106 Å². The molecule has 0 bridgehead atoms. The summed E-state index contributed by atoms with van der Waals surface area (Å²) < 4.78 is 2.37. The van der Waals surface area contributed by atoms with Crippen LogP contribution in [0.4, 0.5) is 0 Å². The monoisotopic (exact) mass is 915 g/mol. The highest BCUT2D eigenvalue weighted by Gasteiger charge is 2.46. The highest BCUT2D eigenvalue weighted by Crippen LogP contribution is 2.57. The standard InChI is InChI=1S/C69H45N3/c1-5-19-48(20-6-1)68-70-64(50-37-39-58-57-29-15-17-31-62(57)69(63(58)44-50,51-21-7-2-8-22-51)52-23-9-3-10-24-52)45-65(71-68)59-41-40-54(55-27-13-14-28-56(55)59)47-35-33-46(34-36-47)49-38-42-67-61(43-49)60-30-16-18-32-66(60)72(67)53-25-11-4-12-26-53/h1-45H. The highest BCUT2D eigenvalue weighted by molar-refractivity contribution is 6.11. The van der Waals surface area contributed by atoms with Gasteiger partial charge in [-0.15, -0.1) is 0 Å². The van der Waals surface area contributed by atoms with Crippen LogP contribution in [0.5, 0.6) is 0 Å². The normalized spacial score (nSPS) is 12.6. The van der Waals surface area contributed by atoms with Gasteiger partial charge in [-0.1, -0.05) is 231 Å². The molecule has 0 atom stereocenters. The Bertz CT molecular complexity index is 4140. The van der Waals surface area contributed by atoms with Crippen LogP contribution < -0.4 is 0 Å². The number of fused-ring (bicyclic) bond motifs is 7. The van der Waals surface area contributed by atoms with Crippen molar-refractivity contribution in [1.29, 1.82) is 0 Å². The van der Waals surface area contributed by atoms with E-state index >= 15 is 0 Å². The molecule has 0 radical (unpaired) electrons. The van der Waals surface area contributed by atoms with Crippen LogP contribution in [0, 0.1) is 0 Å². The van der Waals surface area contributed by atoms with Crippen LogP contribution in [-0.4, -0.2) is 14.5 Å². The van der Waals surface area contributed by atoms with Crippen molar-refractivity contribution in [3.8, 4) is 73.0 Å². The lowest BCUT2D eigenvalue weighted by Gasteiger charge is -2.34. The van der Waals surface area contributed by atoms with Crippen molar-refractivity contribution < 1.29 is 0 Å². The van der Waals surface area contributed by atoms with Crippen molar-refractivity contribution in [3.63, 3.8) is 0 Å². The molecule has 1 aliphatic rings. The Morgan fingerprint density at radius 1 is 0.278 bits per heavy atom. The molecule has 2 aromatic heterocycles. The summed E-state index contributed by atoms with van der Waals surface area (Å²) in [5, 5.41) is 4.80. The predicted octanol–water partition coefficient (Wildman–Crippen LogP) is 17.4. The maximum Gasteiger partial charge on any atom is 0.160 e. The van der Waals surface area contributed by atoms with Crippen LogP contribution in [-0.2, 0) is 5.41 Å². The fourth-order valence-electron chi connectivity index (χ4n) is 11.7. The first-order valence-electron chi connectivity index (χ1n) is 24.7. The van der Waals surface area contributed by atoms with Gasteiger partial charge in [0.2, 0.25) is 0 Å². The first kappa shape index (κ1) is 41.5. The van der Waals surface area contributed by atoms with Gasteiger partial charge in [0.05, 0.1) is 27.8 Å². The van der Waals surface area contributed by atoms with Gasteiger partial charge in [-0.05, 0) is 109 Å². The predicted molar refractivity (Wildman–Crippen MR) is 298 cm³/mol. The first-order chi connectivity index (χ1) is 35.7. The van der Waals surface area contributed by atoms with E-state index in [0.29, 0.717) is 5.82 Å². The topological polar surface area (TPSA) is 30.7 Å². The number of hydrogen-bond acceptors (Lipinski definition) is 2. The summed E-state index contributed by atoms with van der Waals surface area (Å²) in [5.41, 5.74) is 20.1. The van der Waals surface area contributed by atoms with Gasteiger partial charge >= 0.3 is 0 Å². The smallest absolute Gasteiger partial charge is 0.160 e. The second-order valence-electron chi connectivity index (χ2n) is 18.8. The summed E-state index contributed by atoms with van der Waals surface area (Å²) in [6.45, 7) is 0. The molecule has 2 heterocycles. The zero-order valence-electron chi connectivity index (χ0n) is 39.3. The molecule has 0 aliphatic heterocycles. The van der Waals surface area contributed by atoms with Gasteiger partial charge in [0, 0.05) is 33.2 Å². The third-order valence-electron chi connectivity index (χ3n) is 14.9. The Balaban J connectivity index is 0.880. The van der Waals surface area contributed by atoms with E-state index in [-0.39, 0.29) is 0 Å². The zero-order valence-corrected chi connectivity index (χ0v) is 39.3. The largest absolute Gasteiger partial charge is 0.309 e. The van der Waals surface area contributed by atoms with E-state index in [1.54, 1.807) is 0 Å². The molecule has 11 aromatic carbocycles. The molecule has 3 nitrogen and oxygen atoms in total. The van der Waals surface area contributed by atoms with Crippen LogP contribution in [0.1, 0.15) is 22.3 Å². The maximum atomic E-state index is 5.38. The molecule has 0 N–H and O–H groups in total. The van der Waals surface area contributed by atoms with Crippen LogP contribution in [0.2, 0.25) is 0 Å². The lowest BCUT2D eigenvalue weighted by Crippen LogP contribution is -2.28. The number of hydrogen-bond donors (Lipinski definition) is 0. The third kappa shape index (κ3) is 6.59. The second-order valence-corrected chi connectivity index (χ2v) is 18.8.